The highest BCUT2D eigenvalue weighted by Gasteiger charge is 2.32. The van der Waals surface area contributed by atoms with Crippen molar-refractivity contribution < 1.29 is 9.53 Å². The van der Waals surface area contributed by atoms with Crippen molar-refractivity contribution in [3.8, 4) is 18.0 Å². The van der Waals surface area contributed by atoms with Crippen molar-refractivity contribution in [2.45, 2.75) is 51.3 Å². The summed E-state index contributed by atoms with van der Waals surface area (Å²) in [6, 6.07) is 5.70. The summed E-state index contributed by atoms with van der Waals surface area (Å²) in [7, 11) is 0. The fourth-order valence-corrected chi connectivity index (χ4v) is 4.87. The number of carbonyl (C=O) groups is 1. The van der Waals surface area contributed by atoms with Crippen LogP contribution in [0.1, 0.15) is 49.3 Å². The molecular weight excluding hydrogens is 466 g/mol. The molecule has 2 aliphatic rings. The molecule has 4 heterocycles. The van der Waals surface area contributed by atoms with E-state index in [0.717, 1.165) is 48.8 Å². The number of rotatable bonds is 4. The van der Waals surface area contributed by atoms with Gasteiger partial charge < -0.3 is 9.64 Å². The number of fused-ring (bicyclic) bond motifs is 3. The maximum atomic E-state index is 13.0. The molecular formula is C25H26ClN7O2. The summed E-state index contributed by atoms with van der Waals surface area (Å²) in [4.78, 5) is 25.4. The summed E-state index contributed by atoms with van der Waals surface area (Å²) in [5, 5.41) is 9.69. The lowest BCUT2D eigenvalue weighted by Crippen LogP contribution is -2.34. The van der Waals surface area contributed by atoms with E-state index in [1.807, 2.05) is 25.1 Å². The van der Waals surface area contributed by atoms with Gasteiger partial charge in [0.1, 0.15) is 11.6 Å². The van der Waals surface area contributed by atoms with E-state index in [9.17, 15) is 4.79 Å². The van der Waals surface area contributed by atoms with Gasteiger partial charge in [0.25, 0.3) is 0 Å². The first kappa shape index (κ1) is 23.1. The lowest BCUT2D eigenvalue weighted by molar-refractivity contribution is 0.0769. The van der Waals surface area contributed by atoms with Crippen LogP contribution in [0.2, 0.25) is 5.02 Å². The van der Waals surface area contributed by atoms with Crippen LogP contribution in [0.3, 0.4) is 0 Å². The second kappa shape index (κ2) is 9.92. The first-order chi connectivity index (χ1) is 17.1. The zero-order chi connectivity index (χ0) is 24.4. The van der Waals surface area contributed by atoms with Crippen LogP contribution >= 0.6 is 11.6 Å². The third-order valence-electron chi connectivity index (χ3n) is 6.52. The number of hydrogen-bond donors (Lipinski definition) is 0. The second-order valence-corrected chi connectivity index (χ2v) is 9.15. The number of ether oxygens (including phenoxy) is 1. The van der Waals surface area contributed by atoms with E-state index in [1.165, 1.54) is 0 Å². The third kappa shape index (κ3) is 4.66. The SMILES string of the molecule is C#C[C@@H](CC)OC(=O)N1Cc2cc(Cl)ccc2-n2c(nnc2C2CCN(c3cnccn3)CC2)C1. The molecule has 1 aromatic carbocycles. The van der Waals surface area contributed by atoms with Gasteiger partial charge in [-0.25, -0.2) is 9.78 Å². The van der Waals surface area contributed by atoms with Gasteiger partial charge in [-0.05, 0) is 43.0 Å². The molecule has 180 valence electrons. The quantitative estimate of drug-likeness (QED) is 0.510. The van der Waals surface area contributed by atoms with Gasteiger partial charge in [0.2, 0.25) is 0 Å². The molecule has 35 heavy (non-hydrogen) atoms. The number of aromatic nitrogens is 5. The molecule has 5 rings (SSSR count). The van der Waals surface area contributed by atoms with Crippen molar-refractivity contribution in [1.29, 1.82) is 0 Å². The molecule has 2 aromatic heterocycles. The van der Waals surface area contributed by atoms with E-state index in [-0.39, 0.29) is 12.5 Å². The van der Waals surface area contributed by atoms with Gasteiger partial charge in [-0.2, -0.15) is 0 Å². The molecule has 1 amide bonds. The lowest BCUT2D eigenvalue weighted by Gasteiger charge is -2.32. The maximum absolute atomic E-state index is 13.0. The third-order valence-corrected chi connectivity index (χ3v) is 6.76. The Morgan fingerprint density at radius 3 is 2.80 bits per heavy atom. The molecule has 0 unspecified atom stereocenters. The maximum Gasteiger partial charge on any atom is 0.411 e. The van der Waals surface area contributed by atoms with Gasteiger partial charge in [-0.1, -0.05) is 24.4 Å². The normalized spacial score (nSPS) is 16.6. The highest BCUT2D eigenvalue weighted by molar-refractivity contribution is 6.30. The zero-order valence-corrected chi connectivity index (χ0v) is 20.2. The molecule has 0 spiro atoms. The van der Waals surface area contributed by atoms with E-state index in [0.29, 0.717) is 23.8 Å². The Morgan fingerprint density at radius 1 is 1.26 bits per heavy atom. The van der Waals surface area contributed by atoms with Crippen molar-refractivity contribution in [1.82, 2.24) is 29.6 Å². The Labute approximate surface area is 209 Å². The summed E-state index contributed by atoms with van der Waals surface area (Å²) in [5.41, 5.74) is 1.83. The average molecular weight is 492 g/mol. The predicted molar refractivity (Wildman–Crippen MR) is 131 cm³/mol. The Balaban J connectivity index is 1.43. The van der Waals surface area contributed by atoms with Gasteiger partial charge >= 0.3 is 6.09 Å². The van der Waals surface area contributed by atoms with Gasteiger partial charge in [-0.3, -0.25) is 14.5 Å². The minimum atomic E-state index is -0.572. The first-order valence-electron chi connectivity index (χ1n) is 11.7. The van der Waals surface area contributed by atoms with Crippen LogP contribution in [0.4, 0.5) is 10.6 Å². The summed E-state index contributed by atoms with van der Waals surface area (Å²) in [6.07, 6.45) is 12.0. The van der Waals surface area contributed by atoms with Crippen molar-refractivity contribution in [3.63, 3.8) is 0 Å². The second-order valence-electron chi connectivity index (χ2n) is 8.71. The van der Waals surface area contributed by atoms with Crippen molar-refractivity contribution in [2.75, 3.05) is 18.0 Å². The van der Waals surface area contributed by atoms with Crippen molar-refractivity contribution in [3.05, 3.63) is 59.0 Å². The van der Waals surface area contributed by atoms with Crippen LogP contribution in [0.15, 0.2) is 36.8 Å². The molecule has 0 saturated carbocycles. The number of amides is 1. The molecule has 1 atom stereocenters. The lowest BCUT2D eigenvalue weighted by atomic mass is 9.95. The topological polar surface area (TPSA) is 89.3 Å². The zero-order valence-electron chi connectivity index (χ0n) is 19.5. The highest BCUT2D eigenvalue weighted by atomic mass is 35.5. The summed E-state index contributed by atoms with van der Waals surface area (Å²) < 4.78 is 7.61. The number of piperidine rings is 1. The minimum Gasteiger partial charge on any atom is -0.433 e. The Bertz CT molecular complexity index is 1250. The molecule has 9 nitrogen and oxygen atoms in total. The predicted octanol–water partition coefficient (Wildman–Crippen LogP) is 3.96. The molecule has 1 saturated heterocycles. The summed E-state index contributed by atoms with van der Waals surface area (Å²) in [6.45, 7) is 4.18. The molecule has 3 aromatic rings. The fourth-order valence-electron chi connectivity index (χ4n) is 4.67. The van der Waals surface area contributed by atoms with Crippen LogP contribution in [0, 0.1) is 12.3 Å². The van der Waals surface area contributed by atoms with Gasteiger partial charge in [0, 0.05) is 36.4 Å². The number of hydrogen-bond acceptors (Lipinski definition) is 7. The van der Waals surface area contributed by atoms with E-state index >= 15 is 0 Å². The molecule has 10 heteroatoms. The van der Waals surface area contributed by atoms with Crippen LogP contribution in [0.5, 0.6) is 0 Å². The van der Waals surface area contributed by atoms with Crippen LogP contribution in [0.25, 0.3) is 5.69 Å². The number of benzene rings is 1. The molecule has 2 aliphatic heterocycles. The Morgan fingerprint density at radius 2 is 2.09 bits per heavy atom. The standard InChI is InChI=1S/C25H26ClN7O2/c1-3-20(4-2)35-25(34)32-15-18-13-19(26)5-6-21(18)33-23(16-32)29-30-24(33)17-7-11-31(12-8-17)22-14-27-9-10-28-22/h1,5-6,9-10,13-14,17,20H,4,7-8,11-12,15-16H2,2H3/t20-/m0/s1. The van der Waals surface area contributed by atoms with Crippen molar-refractivity contribution >= 4 is 23.5 Å². The van der Waals surface area contributed by atoms with E-state index < -0.39 is 12.2 Å². The number of halogens is 1. The molecule has 0 radical (unpaired) electrons. The van der Waals surface area contributed by atoms with Crippen LogP contribution < -0.4 is 4.90 Å². The van der Waals surface area contributed by atoms with E-state index in [2.05, 4.69) is 35.6 Å². The number of nitrogens with zero attached hydrogens (tertiary/aromatic N) is 7. The molecule has 0 N–H and O–H groups in total. The Hall–Kier alpha value is -3.64. The minimum absolute atomic E-state index is 0.220. The molecule has 0 aliphatic carbocycles. The smallest absolute Gasteiger partial charge is 0.411 e. The highest BCUT2D eigenvalue weighted by Crippen LogP contribution is 2.34. The van der Waals surface area contributed by atoms with Gasteiger partial charge in [0.05, 0.1) is 25.0 Å². The van der Waals surface area contributed by atoms with Gasteiger partial charge in [-0.15, -0.1) is 16.6 Å². The number of carbonyl (C=O) groups excluding carboxylic acids is 1. The summed E-state index contributed by atoms with van der Waals surface area (Å²) in [5.74, 6) is 5.20. The van der Waals surface area contributed by atoms with E-state index in [1.54, 1.807) is 23.5 Å². The monoisotopic (exact) mass is 491 g/mol. The van der Waals surface area contributed by atoms with Crippen molar-refractivity contribution in [2.24, 2.45) is 0 Å². The van der Waals surface area contributed by atoms with Gasteiger partial charge in [0.15, 0.2) is 11.9 Å². The largest absolute Gasteiger partial charge is 0.433 e. The average Bonchev–Trinajstić information content (AvgIpc) is 3.23. The van der Waals surface area contributed by atoms with Crippen LogP contribution in [-0.4, -0.2) is 54.9 Å². The molecule has 0 bridgehead atoms. The van der Waals surface area contributed by atoms with E-state index in [4.69, 9.17) is 22.8 Å². The number of terminal acetylenes is 1. The van der Waals surface area contributed by atoms with Crippen LogP contribution in [-0.2, 0) is 17.8 Å². The number of anilines is 1. The fraction of sp³-hybridized carbons (Fsp3) is 0.400. The first-order valence-corrected chi connectivity index (χ1v) is 12.1. The Kier molecular flexibility index (Phi) is 6.55. The molecule has 1 fully saturated rings. The summed E-state index contributed by atoms with van der Waals surface area (Å²) >= 11 is 6.33.